The van der Waals surface area contributed by atoms with E-state index < -0.39 is 0 Å². The van der Waals surface area contributed by atoms with Gasteiger partial charge in [-0.3, -0.25) is 0 Å². The smallest absolute Gasteiger partial charge is 0.232 e. The lowest BCUT2D eigenvalue weighted by atomic mass is 10.3. The fraction of sp³-hybridized carbons (Fsp3) is 0.769. The zero-order valence-electron chi connectivity index (χ0n) is 12.7. The van der Waals surface area contributed by atoms with E-state index in [0.717, 1.165) is 45.8 Å². The molecule has 1 saturated heterocycles. The molecule has 0 aliphatic carbocycles. The van der Waals surface area contributed by atoms with Gasteiger partial charge in [0.1, 0.15) is 0 Å². The minimum absolute atomic E-state index is 0.301. The first-order chi connectivity index (χ1) is 9.67. The number of hydrogen-bond donors (Lipinski definition) is 1. The Morgan fingerprint density at radius 2 is 1.65 bits per heavy atom. The first-order valence-electron chi connectivity index (χ1n) is 7.41. The average molecular weight is 279 g/mol. The summed E-state index contributed by atoms with van der Waals surface area (Å²) in [5, 5.41) is 0. The molecule has 1 fully saturated rings. The van der Waals surface area contributed by atoms with Crippen LogP contribution in [0.5, 0.6) is 0 Å². The van der Waals surface area contributed by atoms with Crippen molar-refractivity contribution < 1.29 is 0 Å². The van der Waals surface area contributed by atoms with Crippen molar-refractivity contribution >= 4 is 17.8 Å². The summed E-state index contributed by atoms with van der Waals surface area (Å²) in [6.45, 7) is 13.2. The number of nitrogen functional groups attached to an aromatic ring is 1. The van der Waals surface area contributed by atoms with Crippen molar-refractivity contribution in [2.75, 3.05) is 61.3 Å². The molecule has 0 saturated carbocycles. The van der Waals surface area contributed by atoms with Gasteiger partial charge in [0.15, 0.2) is 0 Å². The maximum absolute atomic E-state index is 5.84. The largest absolute Gasteiger partial charge is 0.368 e. The van der Waals surface area contributed by atoms with Gasteiger partial charge in [-0.05, 0) is 20.4 Å². The first-order valence-corrected chi connectivity index (χ1v) is 7.41. The Hall–Kier alpha value is -1.63. The Bertz CT molecular complexity index is 425. The molecule has 112 valence electrons. The van der Waals surface area contributed by atoms with Crippen molar-refractivity contribution in [3.8, 4) is 0 Å². The van der Waals surface area contributed by atoms with Crippen molar-refractivity contribution in [1.82, 2.24) is 19.9 Å². The van der Waals surface area contributed by atoms with Crippen molar-refractivity contribution in [2.24, 2.45) is 0 Å². The second kappa shape index (κ2) is 6.69. The number of nitrogens with zero attached hydrogens (tertiary/aromatic N) is 6. The standard InChI is InChI=1S/C13H25N7/c1-4-18-7-9-20(10-8-18)13-16-11(14)15-12(17-13)19(5-2)6-3/h4-10H2,1-3H3,(H2,14,15,16,17). The van der Waals surface area contributed by atoms with Crippen molar-refractivity contribution in [3.63, 3.8) is 0 Å². The summed E-state index contributed by atoms with van der Waals surface area (Å²) in [5.41, 5.74) is 5.84. The van der Waals surface area contributed by atoms with Crippen LogP contribution in [0.2, 0.25) is 0 Å². The highest BCUT2D eigenvalue weighted by Gasteiger charge is 2.20. The molecular formula is C13H25N7. The summed E-state index contributed by atoms with van der Waals surface area (Å²) in [6.07, 6.45) is 0. The first kappa shape index (κ1) is 14.8. The van der Waals surface area contributed by atoms with Gasteiger partial charge in [0.25, 0.3) is 0 Å². The van der Waals surface area contributed by atoms with Gasteiger partial charge in [-0.15, -0.1) is 0 Å². The van der Waals surface area contributed by atoms with Crippen LogP contribution in [0.25, 0.3) is 0 Å². The van der Waals surface area contributed by atoms with E-state index in [1.807, 2.05) is 0 Å². The molecule has 7 heteroatoms. The zero-order valence-corrected chi connectivity index (χ0v) is 12.7. The Kier molecular flexibility index (Phi) is 4.94. The SMILES string of the molecule is CCN1CCN(c2nc(N)nc(N(CC)CC)n2)CC1. The highest BCUT2D eigenvalue weighted by molar-refractivity contribution is 5.43. The Morgan fingerprint density at radius 1 is 1.00 bits per heavy atom. The van der Waals surface area contributed by atoms with Gasteiger partial charge in [-0.2, -0.15) is 15.0 Å². The summed E-state index contributed by atoms with van der Waals surface area (Å²) in [4.78, 5) is 19.8. The second-order valence-electron chi connectivity index (χ2n) is 4.89. The topological polar surface area (TPSA) is 74.4 Å². The zero-order chi connectivity index (χ0) is 14.5. The van der Waals surface area contributed by atoms with Crippen LogP contribution in [0.4, 0.5) is 17.8 Å². The Labute approximate surface area is 120 Å². The van der Waals surface area contributed by atoms with E-state index in [9.17, 15) is 0 Å². The monoisotopic (exact) mass is 279 g/mol. The third kappa shape index (κ3) is 3.27. The van der Waals surface area contributed by atoms with Crippen LogP contribution in [0.15, 0.2) is 0 Å². The maximum atomic E-state index is 5.84. The molecule has 1 aromatic heterocycles. The molecule has 0 radical (unpaired) electrons. The molecule has 0 atom stereocenters. The highest BCUT2D eigenvalue weighted by Crippen LogP contribution is 2.16. The Morgan fingerprint density at radius 3 is 2.20 bits per heavy atom. The lowest BCUT2D eigenvalue weighted by molar-refractivity contribution is 0.270. The minimum Gasteiger partial charge on any atom is -0.368 e. The van der Waals surface area contributed by atoms with Crippen LogP contribution < -0.4 is 15.5 Å². The highest BCUT2D eigenvalue weighted by atomic mass is 15.4. The van der Waals surface area contributed by atoms with E-state index in [-0.39, 0.29) is 0 Å². The third-order valence-electron chi connectivity index (χ3n) is 3.78. The van der Waals surface area contributed by atoms with Gasteiger partial charge in [-0.25, -0.2) is 0 Å². The molecule has 2 N–H and O–H groups in total. The molecule has 1 aromatic rings. The fourth-order valence-electron chi connectivity index (χ4n) is 2.42. The van der Waals surface area contributed by atoms with Crippen LogP contribution in [0.1, 0.15) is 20.8 Å². The van der Waals surface area contributed by atoms with Crippen LogP contribution >= 0.6 is 0 Å². The summed E-state index contributed by atoms with van der Waals surface area (Å²) >= 11 is 0. The molecule has 7 nitrogen and oxygen atoms in total. The van der Waals surface area contributed by atoms with Gasteiger partial charge in [0.05, 0.1) is 0 Å². The van der Waals surface area contributed by atoms with Crippen molar-refractivity contribution in [1.29, 1.82) is 0 Å². The van der Waals surface area contributed by atoms with Crippen molar-refractivity contribution in [3.05, 3.63) is 0 Å². The molecule has 0 aromatic carbocycles. The maximum Gasteiger partial charge on any atom is 0.232 e. The van der Waals surface area contributed by atoms with E-state index in [1.165, 1.54) is 0 Å². The van der Waals surface area contributed by atoms with Crippen LogP contribution in [0.3, 0.4) is 0 Å². The predicted octanol–water partition coefficient (Wildman–Crippen LogP) is 0.442. The summed E-state index contributed by atoms with van der Waals surface area (Å²) in [7, 11) is 0. The summed E-state index contributed by atoms with van der Waals surface area (Å²) < 4.78 is 0. The number of aromatic nitrogens is 3. The lowest BCUT2D eigenvalue weighted by Gasteiger charge is -2.34. The molecule has 2 heterocycles. The van der Waals surface area contributed by atoms with E-state index in [2.05, 4.69) is 50.4 Å². The van der Waals surface area contributed by atoms with E-state index in [0.29, 0.717) is 17.8 Å². The van der Waals surface area contributed by atoms with Gasteiger partial charge >= 0.3 is 0 Å². The van der Waals surface area contributed by atoms with E-state index in [4.69, 9.17) is 5.73 Å². The number of anilines is 3. The fourth-order valence-corrected chi connectivity index (χ4v) is 2.42. The number of likely N-dealkylation sites (N-methyl/N-ethyl adjacent to an activating group) is 1. The molecule has 0 amide bonds. The number of nitrogens with two attached hydrogens (primary N) is 1. The number of piperazine rings is 1. The molecule has 0 bridgehead atoms. The quantitative estimate of drug-likeness (QED) is 0.838. The van der Waals surface area contributed by atoms with Crippen LogP contribution in [-0.2, 0) is 0 Å². The molecule has 2 rings (SSSR count). The van der Waals surface area contributed by atoms with Gasteiger partial charge in [0.2, 0.25) is 17.8 Å². The van der Waals surface area contributed by atoms with E-state index >= 15 is 0 Å². The lowest BCUT2D eigenvalue weighted by Crippen LogP contribution is -2.47. The molecule has 1 aliphatic heterocycles. The average Bonchev–Trinajstić information content (AvgIpc) is 2.48. The second-order valence-corrected chi connectivity index (χ2v) is 4.89. The van der Waals surface area contributed by atoms with Gasteiger partial charge in [0, 0.05) is 39.3 Å². The minimum atomic E-state index is 0.301. The summed E-state index contributed by atoms with van der Waals surface area (Å²) in [6, 6.07) is 0. The number of hydrogen-bond acceptors (Lipinski definition) is 7. The third-order valence-corrected chi connectivity index (χ3v) is 3.78. The number of rotatable bonds is 5. The van der Waals surface area contributed by atoms with Crippen LogP contribution in [-0.4, -0.2) is 65.7 Å². The van der Waals surface area contributed by atoms with Gasteiger partial charge < -0.3 is 20.4 Å². The van der Waals surface area contributed by atoms with Crippen molar-refractivity contribution in [2.45, 2.75) is 20.8 Å². The summed E-state index contributed by atoms with van der Waals surface area (Å²) in [5.74, 6) is 1.68. The normalized spacial score (nSPS) is 16.4. The molecule has 1 aliphatic rings. The van der Waals surface area contributed by atoms with Gasteiger partial charge in [-0.1, -0.05) is 6.92 Å². The molecule has 0 unspecified atom stereocenters. The molecule has 0 spiro atoms. The predicted molar refractivity (Wildman–Crippen MR) is 82.1 cm³/mol. The molecule has 20 heavy (non-hydrogen) atoms. The molecular weight excluding hydrogens is 254 g/mol. The Balaban J connectivity index is 2.16. The van der Waals surface area contributed by atoms with E-state index in [1.54, 1.807) is 0 Å². The van der Waals surface area contributed by atoms with Crippen LogP contribution in [0, 0.1) is 0 Å².